The summed E-state index contributed by atoms with van der Waals surface area (Å²) in [6.45, 7) is 1.46. The Morgan fingerprint density at radius 2 is 1.83 bits per heavy atom. The standard InChI is InChI=1S/C17H15F2NO4/c1-2-23-17(22)12-5-3-4-6-15(12)20-16(21)10-24-11-7-8-13(18)14(19)9-11/h3-9H,2,10H2,1H3,(H,20,21). The van der Waals surface area contributed by atoms with Crippen molar-refractivity contribution in [3.63, 3.8) is 0 Å². The first-order valence-corrected chi connectivity index (χ1v) is 7.15. The van der Waals surface area contributed by atoms with Gasteiger partial charge in [0, 0.05) is 6.07 Å². The van der Waals surface area contributed by atoms with Crippen LogP contribution in [0.15, 0.2) is 42.5 Å². The maximum absolute atomic E-state index is 13.1. The summed E-state index contributed by atoms with van der Waals surface area (Å²) in [5.74, 6) is -3.18. The molecule has 0 atom stereocenters. The number of para-hydroxylation sites is 1. The quantitative estimate of drug-likeness (QED) is 0.824. The molecule has 0 bridgehead atoms. The van der Waals surface area contributed by atoms with Crippen LogP contribution in [0, 0.1) is 11.6 Å². The molecule has 2 aromatic rings. The average molecular weight is 335 g/mol. The second kappa shape index (κ2) is 8.05. The van der Waals surface area contributed by atoms with Crippen molar-refractivity contribution >= 4 is 17.6 Å². The number of carbonyl (C=O) groups excluding carboxylic acids is 2. The van der Waals surface area contributed by atoms with E-state index in [1.807, 2.05) is 0 Å². The molecule has 0 aliphatic carbocycles. The maximum atomic E-state index is 13.1. The molecule has 0 aliphatic heterocycles. The molecule has 0 radical (unpaired) electrons. The molecule has 0 unspecified atom stereocenters. The first kappa shape index (κ1) is 17.4. The van der Waals surface area contributed by atoms with Crippen molar-refractivity contribution in [3.8, 4) is 5.75 Å². The molecule has 1 amide bonds. The molecule has 7 heteroatoms. The van der Waals surface area contributed by atoms with Crippen molar-refractivity contribution in [2.45, 2.75) is 6.92 Å². The van der Waals surface area contributed by atoms with Gasteiger partial charge in [0.25, 0.3) is 5.91 Å². The Bertz CT molecular complexity index is 749. The molecule has 0 spiro atoms. The van der Waals surface area contributed by atoms with E-state index in [-0.39, 0.29) is 23.6 Å². The van der Waals surface area contributed by atoms with Crippen molar-refractivity contribution in [2.24, 2.45) is 0 Å². The third-order valence-electron chi connectivity index (χ3n) is 2.96. The third kappa shape index (κ3) is 4.52. The summed E-state index contributed by atoms with van der Waals surface area (Å²) >= 11 is 0. The van der Waals surface area contributed by atoms with Gasteiger partial charge in [-0.1, -0.05) is 12.1 Å². The van der Waals surface area contributed by atoms with Crippen molar-refractivity contribution in [3.05, 3.63) is 59.7 Å². The van der Waals surface area contributed by atoms with Gasteiger partial charge in [-0.3, -0.25) is 4.79 Å². The first-order chi connectivity index (χ1) is 11.5. The van der Waals surface area contributed by atoms with Crippen LogP contribution in [0.1, 0.15) is 17.3 Å². The van der Waals surface area contributed by atoms with Crippen molar-refractivity contribution in [2.75, 3.05) is 18.5 Å². The van der Waals surface area contributed by atoms with Gasteiger partial charge in [-0.05, 0) is 31.2 Å². The Hall–Kier alpha value is -2.96. The second-order valence-electron chi connectivity index (χ2n) is 4.68. The first-order valence-electron chi connectivity index (χ1n) is 7.15. The van der Waals surface area contributed by atoms with Gasteiger partial charge in [0.1, 0.15) is 5.75 Å². The largest absolute Gasteiger partial charge is 0.484 e. The third-order valence-corrected chi connectivity index (χ3v) is 2.96. The van der Waals surface area contributed by atoms with Gasteiger partial charge in [-0.15, -0.1) is 0 Å². The van der Waals surface area contributed by atoms with E-state index in [0.717, 1.165) is 12.1 Å². The van der Waals surface area contributed by atoms with E-state index in [1.54, 1.807) is 25.1 Å². The highest BCUT2D eigenvalue weighted by Gasteiger charge is 2.14. The summed E-state index contributed by atoms with van der Waals surface area (Å²) < 4.78 is 35.9. The summed E-state index contributed by atoms with van der Waals surface area (Å²) in [5, 5.41) is 2.51. The van der Waals surface area contributed by atoms with Crippen molar-refractivity contribution in [1.29, 1.82) is 0 Å². The van der Waals surface area contributed by atoms with E-state index in [0.29, 0.717) is 0 Å². The Kier molecular flexibility index (Phi) is 5.83. The van der Waals surface area contributed by atoms with Crippen LogP contribution in [0.25, 0.3) is 0 Å². The molecule has 0 heterocycles. The van der Waals surface area contributed by atoms with Gasteiger partial charge in [0.2, 0.25) is 0 Å². The van der Waals surface area contributed by atoms with Gasteiger partial charge in [-0.2, -0.15) is 0 Å². The van der Waals surface area contributed by atoms with Crippen LogP contribution >= 0.6 is 0 Å². The van der Waals surface area contributed by atoms with E-state index >= 15 is 0 Å². The fourth-order valence-corrected chi connectivity index (χ4v) is 1.88. The predicted molar refractivity (Wildman–Crippen MR) is 82.9 cm³/mol. The zero-order chi connectivity index (χ0) is 17.5. The topological polar surface area (TPSA) is 64.6 Å². The molecule has 0 aromatic heterocycles. The number of amides is 1. The Morgan fingerprint density at radius 3 is 2.54 bits per heavy atom. The minimum atomic E-state index is -1.07. The lowest BCUT2D eigenvalue weighted by atomic mass is 10.2. The molecule has 0 saturated heterocycles. The maximum Gasteiger partial charge on any atom is 0.340 e. The summed E-state index contributed by atoms with van der Waals surface area (Å²) in [6, 6.07) is 9.30. The number of hydrogen-bond donors (Lipinski definition) is 1. The van der Waals surface area contributed by atoms with Gasteiger partial charge >= 0.3 is 5.97 Å². The zero-order valence-corrected chi connectivity index (χ0v) is 12.8. The van der Waals surface area contributed by atoms with Crippen LogP contribution in [0.3, 0.4) is 0 Å². The highest BCUT2D eigenvalue weighted by molar-refractivity contribution is 6.01. The number of anilines is 1. The number of halogens is 2. The molecule has 24 heavy (non-hydrogen) atoms. The number of esters is 1. The predicted octanol–water partition coefficient (Wildman–Crippen LogP) is 3.16. The van der Waals surface area contributed by atoms with Crippen LogP contribution in [-0.4, -0.2) is 25.1 Å². The molecule has 0 fully saturated rings. The molecule has 2 aromatic carbocycles. The fraction of sp³-hybridized carbons (Fsp3) is 0.176. The molecule has 5 nitrogen and oxygen atoms in total. The highest BCUT2D eigenvalue weighted by atomic mass is 19.2. The number of nitrogens with one attached hydrogen (secondary N) is 1. The minimum absolute atomic E-state index is 0.0164. The molecular formula is C17H15F2NO4. The number of hydrogen-bond acceptors (Lipinski definition) is 4. The van der Waals surface area contributed by atoms with E-state index in [1.165, 1.54) is 12.1 Å². The van der Waals surface area contributed by atoms with Crippen LogP contribution in [-0.2, 0) is 9.53 Å². The van der Waals surface area contributed by atoms with E-state index in [2.05, 4.69) is 5.32 Å². The number of benzene rings is 2. The number of ether oxygens (including phenoxy) is 2. The smallest absolute Gasteiger partial charge is 0.340 e. The normalized spacial score (nSPS) is 10.1. The van der Waals surface area contributed by atoms with E-state index in [9.17, 15) is 18.4 Å². The summed E-state index contributed by atoms with van der Waals surface area (Å²) in [7, 11) is 0. The Morgan fingerprint density at radius 1 is 1.08 bits per heavy atom. The van der Waals surface area contributed by atoms with Crippen LogP contribution in [0.5, 0.6) is 5.75 Å². The minimum Gasteiger partial charge on any atom is -0.484 e. The van der Waals surface area contributed by atoms with E-state index in [4.69, 9.17) is 9.47 Å². The zero-order valence-electron chi connectivity index (χ0n) is 12.8. The number of rotatable bonds is 6. The van der Waals surface area contributed by atoms with Gasteiger partial charge in [0.15, 0.2) is 18.2 Å². The summed E-state index contributed by atoms with van der Waals surface area (Å²) in [4.78, 5) is 23.7. The monoisotopic (exact) mass is 335 g/mol. The van der Waals surface area contributed by atoms with E-state index < -0.39 is 30.1 Å². The summed E-state index contributed by atoms with van der Waals surface area (Å²) in [6.07, 6.45) is 0. The van der Waals surface area contributed by atoms with Crippen LogP contribution in [0.4, 0.5) is 14.5 Å². The number of carbonyl (C=O) groups is 2. The molecule has 0 saturated carbocycles. The molecule has 1 N–H and O–H groups in total. The lowest BCUT2D eigenvalue weighted by Gasteiger charge is -2.11. The lowest BCUT2D eigenvalue weighted by Crippen LogP contribution is -2.22. The highest BCUT2D eigenvalue weighted by Crippen LogP contribution is 2.17. The van der Waals surface area contributed by atoms with Crippen molar-refractivity contribution in [1.82, 2.24) is 0 Å². The SMILES string of the molecule is CCOC(=O)c1ccccc1NC(=O)COc1ccc(F)c(F)c1. The molecule has 126 valence electrons. The Balaban J connectivity index is 1.99. The van der Waals surface area contributed by atoms with Crippen LogP contribution < -0.4 is 10.1 Å². The van der Waals surface area contributed by atoms with Gasteiger partial charge < -0.3 is 14.8 Å². The summed E-state index contributed by atoms with van der Waals surface area (Å²) in [5.41, 5.74) is 0.482. The molecular weight excluding hydrogens is 320 g/mol. The lowest BCUT2D eigenvalue weighted by molar-refractivity contribution is -0.118. The molecule has 0 aliphatic rings. The molecule has 2 rings (SSSR count). The van der Waals surface area contributed by atoms with Gasteiger partial charge in [-0.25, -0.2) is 13.6 Å². The van der Waals surface area contributed by atoms with Crippen LogP contribution in [0.2, 0.25) is 0 Å². The fourth-order valence-electron chi connectivity index (χ4n) is 1.88. The Labute approximate surface area is 137 Å². The van der Waals surface area contributed by atoms with Gasteiger partial charge in [0.05, 0.1) is 17.9 Å². The average Bonchev–Trinajstić information content (AvgIpc) is 2.56. The van der Waals surface area contributed by atoms with Crippen molar-refractivity contribution < 1.29 is 27.8 Å². The second-order valence-corrected chi connectivity index (χ2v) is 4.68.